The summed E-state index contributed by atoms with van der Waals surface area (Å²) in [6.45, 7) is 0.486. The minimum absolute atomic E-state index is 0.0813. The molecule has 0 heterocycles. The lowest BCUT2D eigenvalue weighted by molar-refractivity contribution is -0.122. The zero-order valence-electron chi connectivity index (χ0n) is 11.6. The normalized spacial score (nSPS) is 21.8. The van der Waals surface area contributed by atoms with Crippen LogP contribution in [0, 0.1) is 11.8 Å². The Kier molecular flexibility index (Phi) is 5.36. The molecule has 0 saturated heterocycles. The Morgan fingerprint density at radius 2 is 2.05 bits per heavy atom. The summed E-state index contributed by atoms with van der Waals surface area (Å²) in [7, 11) is 0. The van der Waals surface area contributed by atoms with E-state index in [9.17, 15) is 14.7 Å². The molecule has 1 amide bonds. The van der Waals surface area contributed by atoms with Crippen molar-refractivity contribution in [3.05, 3.63) is 28.2 Å². The van der Waals surface area contributed by atoms with Gasteiger partial charge in [0.2, 0.25) is 5.91 Å². The molecule has 1 aliphatic rings. The largest absolute Gasteiger partial charge is 0.478 e. The molecule has 0 aliphatic heterocycles. The van der Waals surface area contributed by atoms with E-state index in [1.165, 1.54) is 6.07 Å². The number of aromatic carboxylic acids is 1. The summed E-state index contributed by atoms with van der Waals surface area (Å²) < 4.78 is 0.566. The van der Waals surface area contributed by atoms with Crippen molar-refractivity contribution in [1.82, 2.24) is 0 Å². The highest BCUT2D eigenvalue weighted by Gasteiger charge is 2.30. The smallest absolute Gasteiger partial charge is 0.337 e. The van der Waals surface area contributed by atoms with Crippen LogP contribution in [0.3, 0.4) is 0 Å². The molecule has 0 aromatic heterocycles. The van der Waals surface area contributed by atoms with Crippen LogP contribution < -0.4 is 11.1 Å². The quantitative estimate of drug-likeness (QED) is 0.774. The van der Waals surface area contributed by atoms with Gasteiger partial charge in [-0.15, -0.1) is 0 Å². The molecule has 0 radical (unpaired) electrons. The first-order valence-corrected chi connectivity index (χ1v) is 7.86. The van der Waals surface area contributed by atoms with E-state index in [1.807, 2.05) is 0 Å². The van der Waals surface area contributed by atoms with Crippen molar-refractivity contribution in [2.75, 3.05) is 11.9 Å². The van der Waals surface area contributed by atoms with E-state index in [0.717, 1.165) is 25.7 Å². The van der Waals surface area contributed by atoms with E-state index in [0.29, 0.717) is 16.7 Å². The molecule has 4 N–H and O–H groups in total. The van der Waals surface area contributed by atoms with E-state index in [1.54, 1.807) is 12.1 Å². The summed E-state index contributed by atoms with van der Waals surface area (Å²) >= 11 is 3.30. The van der Waals surface area contributed by atoms with Gasteiger partial charge in [0.15, 0.2) is 0 Å². The van der Waals surface area contributed by atoms with Crippen LogP contribution in [0.25, 0.3) is 0 Å². The Balaban J connectivity index is 2.21. The van der Waals surface area contributed by atoms with Crippen LogP contribution in [0.1, 0.15) is 36.0 Å². The van der Waals surface area contributed by atoms with Gasteiger partial charge >= 0.3 is 5.97 Å². The fourth-order valence-electron chi connectivity index (χ4n) is 2.88. The van der Waals surface area contributed by atoms with Crippen molar-refractivity contribution >= 4 is 33.5 Å². The molecule has 0 spiro atoms. The molecule has 6 heteroatoms. The van der Waals surface area contributed by atoms with Gasteiger partial charge in [0, 0.05) is 10.4 Å². The van der Waals surface area contributed by atoms with Crippen LogP contribution in [-0.2, 0) is 4.79 Å². The Labute approximate surface area is 132 Å². The maximum atomic E-state index is 12.5. The molecule has 0 bridgehead atoms. The highest BCUT2D eigenvalue weighted by Crippen LogP contribution is 2.32. The van der Waals surface area contributed by atoms with Crippen LogP contribution in [-0.4, -0.2) is 23.5 Å². The molecule has 114 valence electrons. The summed E-state index contributed by atoms with van der Waals surface area (Å²) in [5.74, 6) is -1.17. The number of anilines is 1. The monoisotopic (exact) mass is 354 g/mol. The zero-order chi connectivity index (χ0) is 15.4. The minimum atomic E-state index is -1.06. The molecule has 1 aromatic carbocycles. The summed E-state index contributed by atoms with van der Waals surface area (Å²) in [5.41, 5.74) is 6.15. The second kappa shape index (κ2) is 7.04. The van der Waals surface area contributed by atoms with Gasteiger partial charge in [-0.05, 0) is 53.4 Å². The standard InChI is InChI=1S/C15H19BrN2O3/c16-12-7-3-6-11(15(20)21)13(12)18-14(19)10-5-2-1-4-9(10)8-17/h3,6-7,9-10H,1-2,4-5,8,17H2,(H,18,19)(H,20,21). The Hall–Kier alpha value is -1.40. The Morgan fingerprint density at radius 1 is 1.33 bits per heavy atom. The number of amides is 1. The number of carbonyl (C=O) groups is 2. The summed E-state index contributed by atoms with van der Waals surface area (Å²) in [6.07, 6.45) is 3.87. The van der Waals surface area contributed by atoms with Gasteiger partial charge in [0.1, 0.15) is 0 Å². The van der Waals surface area contributed by atoms with Gasteiger partial charge in [-0.2, -0.15) is 0 Å². The third-order valence-corrected chi connectivity index (χ3v) is 4.70. The second-order valence-corrected chi connectivity index (χ2v) is 6.20. The fourth-order valence-corrected chi connectivity index (χ4v) is 3.35. The average molecular weight is 355 g/mol. The van der Waals surface area contributed by atoms with E-state index in [-0.39, 0.29) is 23.3 Å². The first-order chi connectivity index (χ1) is 10.0. The predicted molar refractivity (Wildman–Crippen MR) is 84.2 cm³/mol. The number of carboxylic acid groups (broad SMARTS) is 1. The molecule has 1 saturated carbocycles. The summed E-state index contributed by atoms with van der Waals surface area (Å²) in [6, 6.07) is 4.82. The minimum Gasteiger partial charge on any atom is -0.478 e. The lowest BCUT2D eigenvalue weighted by Crippen LogP contribution is -2.36. The summed E-state index contributed by atoms with van der Waals surface area (Å²) in [5, 5.41) is 12.0. The molecule has 2 rings (SSSR count). The molecule has 1 aromatic rings. The molecule has 1 aliphatic carbocycles. The molecule has 2 atom stereocenters. The first kappa shape index (κ1) is 16.0. The van der Waals surface area contributed by atoms with Crippen molar-refractivity contribution < 1.29 is 14.7 Å². The van der Waals surface area contributed by atoms with Gasteiger partial charge in [0.05, 0.1) is 11.3 Å². The maximum absolute atomic E-state index is 12.5. The number of halogens is 1. The SMILES string of the molecule is NCC1CCCCC1C(=O)Nc1c(Br)cccc1C(=O)O. The molecular weight excluding hydrogens is 336 g/mol. The first-order valence-electron chi connectivity index (χ1n) is 7.07. The van der Waals surface area contributed by atoms with Gasteiger partial charge in [-0.1, -0.05) is 18.9 Å². The van der Waals surface area contributed by atoms with Crippen molar-refractivity contribution in [2.24, 2.45) is 17.6 Å². The second-order valence-electron chi connectivity index (χ2n) is 5.34. The van der Waals surface area contributed by atoms with Crippen LogP contribution in [0.5, 0.6) is 0 Å². The Bertz CT molecular complexity index is 548. The Morgan fingerprint density at radius 3 is 2.71 bits per heavy atom. The maximum Gasteiger partial charge on any atom is 0.337 e. The highest BCUT2D eigenvalue weighted by molar-refractivity contribution is 9.10. The van der Waals surface area contributed by atoms with Gasteiger partial charge in [0.25, 0.3) is 0 Å². The predicted octanol–water partition coefficient (Wildman–Crippen LogP) is 2.85. The van der Waals surface area contributed by atoms with Crippen molar-refractivity contribution in [1.29, 1.82) is 0 Å². The number of nitrogens with two attached hydrogens (primary N) is 1. The number of hydrogen-bond acceptors (Lipinski definition) is 3. The van der Waals surface area contributed by atoms with E-state index in [4.69, 9.17) is 5.73 Å². The average Bonchev–Trinajstić information content (AvgIpc) is 2.48. The molecule has 2 unspecified atom stereocenters. The lowest BCUT2D eigenvalue weighted by Gasteiger charge is -2.29. The van der Waals surface area contributed by atoms with Crippen LogP contribution in [0.15, 0.2) is 22.7 Å². The number of carboxylic acids is 1. The van der Waals surface area contributed by atoms with Crippen LogP contribution >= 0.6 is 15.9 Å². The van der Waals surface area contributed by atoms with Crippen molar-refractivity contribution in [2.45, 2.75) is 25.7 Å². The van der Waals surface area contributed by atoms with Crippen molar-refractivity contribution in [3.63, 3.8) is 0 Å². The third kappa shape index (κ3) is 3.63. The molecule has 21 heavy (non-hydrogen) atoms. The fraction of sp³-hybridized carbons (Fsp3) is 0.467. The van der Waals surface area contributed by atoms with Crippen molar-refractivity contribution in [3.8, 4) is 0 Å². The van der Waals surface area contributed by atoms with Crippen LogP contribution in [0.2, 0.25) is 0 Å². The lowest BCUT2D eigenvalue weighted by atomic mass is 9.78. The number of benzene rings is 1. The number of rotatable bonds is 4. The summed E-state index contributed by atoms with van der Waals surface area (Å²) in [4.78, 5) is 23.7. The number of carbonyl (C=O) groups excluding carboxylic acids is 1. The highest BCUT2D eigenvalue weighted by atomic mass is 79.9. The molecule has 1 fully saturated rings. The van der Waals surface area contributed by atoms with E-state index >= 15 is 0 Å². The van der Waals surface area contributed by atoms with Crippen LogP contribution in [0.4, 0.5) is 5.69 Å². The number of hydrogen-bond donors (Lipinski definition) is 3. The molecular formula is C15H19BrN2O3. The zero-order valence-corrected chi connectivity index (χ0v) is 13.2. The topological polar surface area (TPSA) is 92.4 Å². The van der Waals surface area contributed by atoms with Gasteiger partial charge in [-0.3, -0.25) is 4.79 Å². The third-order valence-electron chi connectivity index (χ3n) is 4.04. The molecule has 5 nitrogen and oxygen atoms in total. The number of para-hydroxylation sites is 1. The van der Waals surface area contributed by atoms with Gasteiger partial charge in [-0.25, -0.2) is 4.79 Å². The van der Waals surface area contributed by atoms with E-state index < -0.39 is 5.97 Å². The number of nitrogens with one attached hydrogen (secondary N) is 1. The van der Waals surface area contributed by atoms with E-state index in [2.05, 4.69) is 21.2 Å². The van der Waals surface area contributed by atoms with Gasteiger partial charge < -0.3 is 16.2 Å².